The highest BCUT2D eigenvalue weighted by Crippen LogP contribution is 2.21. The van der Waals surface area contributed by atoms with E-state index in [9.17, 15) is 0 Å². The molecule has 0 aliphatic heterocycles. The molecule has 0 aromatic heterocycles. The first-order chi connectivity index (χ1) is 5.55. The minimum atomic E-state index is -0.287. The van der Waals surface area contributed by atoms with E-state index in [1.54, 1.807) is 0 Å². The molecule has 0 aliphatic rings. The topological polar surface area (TPSA) is 26.0 Å². The maximum Gasteiger partial charge on any atom is 0.0358 e. The van der Waals surface area contributed by atoms with Gasteiger partial charge in [-0.2, -0.15) is 0 Å². The fourth-order valence-corrected chi connectivity index (χ4v) is 1.26. The van der Waals surface area contributed by atoms with Crippen molar-refractivity contribution in [2.75, 3.05) is 0 Å². The van der Waals surface area contributed by atoms with Crippen molar-refractivity contribution >= 4 is 6.08 Å². The second-order valence-corrected chi connectivity index (χ2v) is 3.51. The first-order valence-corrected chi connectivity index (χ1v) is 4.06. The SMILES string of the molecule is C=Cc1ccccc1C(C)(C)N. The molecular weight excluding hydrogens is 146 g/mol. The summed E-state index contributed by atoms with van der Waals surface area (Å²) in [4.78, 5) is 0. The summed E-state index contributed by atoms with van der Waals surface area (Å²) in [6, 6.07) is 8.05. The van der Waals surface area contributed by atoms with Gasteiger partial charge in [-0.05, 0) is 25.0 Å². The van der Waals surface area contributed by atoms with Crippen molar-refractivity contribution in [1.29, 1.82) is 0 Å². The van der Waals surface area contributed by atoms with Crippen LogP contribution in [0.3, 0.4) is 0 Å². The molecule has 1 aromatic carbocycles. The van der Waals surface area contributed by atoms with Crippen molar-refractivity contribution in [2.45, 2.75) is 19.4 Å². The molecule has 0 aliphatic carbocycles. The third kappa shape index (κ3) is 1.74. The van der Waals surface area contributed by atoms with Crippen LogP contribution < -0.4 is 5.73 Å². The van der Waals surface area contributed by atoms with Gasteiger partial charge in [-0.3, -0.25) is 0 Å². The maximum atomic E-state index is 5.99. The number of hydrogen-bond acceptors (Lipinski definition) is 1. The molecule has 0 unspecified atom stereocenters. The quantitative estimate of drug-likeness (QED) is 0.708. The monoisotopic (exact) mass is 161 g/mol. The Hall–Kier alpha value is -1.08. The van der Waals surface area contributed by atoms with Crippen LogP contribution in [0.25, 0.3) is 6.08 Å². The second-order valence-electron chi connectivity index (χ2n) is 3.51. The van der Waals surface area contributed by atoms with Crippen LogP contribution in [0.15, 0.2) is 30.8 Å². The van der Waals surface area contributed by atoms with Crippen LogP contribution >= 0.6 is 0 Å². The van der Waals surface area contributed by atoms with E-state index in [2.05, 4.69) is 6.58 Å². The summed E-state index contributed by atoms with van der Waals surface area (Å²) < 4.78 is 0. The number of nitrogens with two attached hydrogens (primary N) is 1. The Morgan fingerprint density at radius 1 is 1.33 bits per heavy atom. The van der Waals surface area contributed by atoms with Crippen molar-refractivity contribution in [3.8, 4) is 0 Å². The molecule has 12 heavy (non-hydrogen) atoms. The molecule has 1 heteroatoms. The Balaban J connectivity index is 3.23. The normalized spacial score (nSPS) is 11.2. The minimum Gasteiger partial charge on any atom is -0.322 e. The van der Waals surface area contributed by atoms with Crippen LogP contribution in [0.5, 0.6) is 0 Å². The predicted octanol–water partition coefficient (Wildman–Crippen LogP) is 2.52. The summed E-state index contributed by atoms with van der Waals surface area (Å²) in [5.74, 6) is 0. The standard InChI is InChI=1S/C11H15N/c1-4-9-7-5-6-8-10(9)11(2,3)12/h4-8H,1,12H2,2-3H3. The maximum absolute atomic E-state index is 5.99. The lowest BCUT2D eigenvalue weighted by Crippen LogP contribution is -2.29. The molecule has 0 bridgehead atoms. The Morgan fingerprint density at radius 2 is 1.92 bits per heavy atom. The van der Waals surface area contributed by atoms with Gasteiger partial charge in [0.05, 0.1) is 0 Å². The van der Waals surface area contributed by atoms with Gasteiger partial charge >= 0.3 is 0 Å². The lowest BCUT2D eigenvalue weighted by atomic mass is 9.91. The van der Waals surface area contributed by atoms with Crippen LogP contribution in [-0.4, -0.2) is 0 Å². The van der Waals surface area contributed by atoms with E-state index in [-0.39, 0.29) is 5.54 Å². The molecule has 0 saturated carbocycles. The van der Waals surface area contributed by atoms with Gasteiger partial charge in [-0.1, -0.05) is 36.9 Å². The van der Waals surface area contributed by atoms with Crippen LogP contribution in [0.2, 0.25) is 0 Å². The van der Waals surface area contributed by atoms with Crippen LogP contribution in [0, 0.1) is 0 Å². The Morgan fingerprint density at radius 3 is 2.33 bits per heavy atom. The van der Waals surface area contributed by atoms with E-state index in [1.165, 1.54) is 0 Å². The average molecular weight is 161 g/mol. The van der Waals surface area contributed by atoms with Gasteiger partial charge in [-0.15, -0.1) is 0 Å². The molecule has 0 fully saturated rings. The summed E-state index contributed by atoms with van der Waals surface area (Å²) >= 11 is 0. The molecule has 0 radical (unpaired) electrons. The lowest BCUT2D eigenvalue weighted by Gasteiger charge is -2.21. The zero-order valence-electron chi connectivity index (χ0n) is 7.67. The number of rotatable bonds is 2. The van der Waals surface area contributed by atoms with E-state index >= 15 is 0 Å². The van der Waals surface area contributed by atoms with Crippen LogP contribution in [0.1, 0.15) is 25.0 Å². The molecule has 0 heterocycles. The van der Waals surface area contributed by atoms with E-state index < -0.39 is 0 Å². The molecule has 2 N–H and O–H groups in total. The van der Waals surface area contributed by atoms with Gasteiger partial charge in [0.15, 0.2) is 0 Å². The second kappa shape index (κ2) is 3.11. The van der Waals surface area contributed by atoms with Crippen molar-refractivity contribution in [2.24, 2.45) is 5.73 Å². The van der Waals surface area contributed by atoms with Gasteiger partial charge in [0.2, 0.25) is 0 Å². The molecule has 0 atom stereocenters. The van der Waals surface area contributed by atoms with Gasteiger partial charge in [0, 0.05) is 5.54 Å². The average Bonchev–Trinajstić information content (AvgIpc) is 2.03. The van der Waals surface area contributed by atoms with Crippen LogP contribution in [0.4, 0.5) is 0 Å². The van der Waals surface area contributed by atoms with Gasteiger partial charge in [0.1, 0.15) is 0 Å². The molecule has 1 aromatic rings. The molecule has 0 spiro atoms. The van der Waals surface area contributed by atoms with Gasteiger partial charge in [-0.25, -0.2) is 0 Å². The molecule has 1 rings (SSSR count). The first-order valence-electron chi connectivity index (χ1n) is 4.06. The zero-order valence-corrected chi connectivity index (χ0v) is 7.67. The van der Waals surface area contributed by atoms with Crippen LogP contribution in [-0.2, 0) is 5.54 Å². The predicted molar refractivity (Wildman–Crippen MR) is 53.7 cm³/mol. The van der Waals surface area contributed by atoms with E-state index in [0.29, 0.717) is 0 Å². The fourth-order valence-electron chi connectivity index (χ4n) is 1.26. The minimum absolute atomic E-state index is 0.287. The van der Waals surface area contributed by atoms with Crippen molar-refractivity contribution in [3.63, 3.8) is 0 Å². The molecule has 0 saturated heterocycles. The lowest BCUT2D eigenvalue weighted by molar-refractivity contribution is 0.553. The Bertz CT molecular complexity index is 281. The number of hydrogen-bond donors (Lipinski definition) is 1. The van der Waals surface area contributed by atoms with Crippen molar-refractivity contribution < 1.29 is 0 Å². The Labute approximate surface area is 73.9 Å². The number of benzene rings is 1. The van der Waals surface area contributed by atoms with E-state index in [1.807, 2.05) is 44.2 Å². The summed E-state index contributed by atoms with van der Waals surface area (Å²) in [5, 5.41) is 0. The largest absolute Gasteiger partial charge is 0.322 e. The molecular formula is C11H15N. The highest BCUT2D eigenvalue weighted by Gasteiger charge is 2.15. The van der Waals surface area contributed by atoms with E-state index in [0.717, 1.165) is 11.1 Å². The van der Waals surface area contributed by atoms with Gasteiger partial charge in [0.25, 0.3) is 0 Å². The summed E-state index contributed by atoms with van der Waals surface area (Å²) in [6.45, 7) is 7.74. The summed E-state index contributed by atoms with van der Waals surface area (Å²) in [5.41, 5.74) is 7.95. The van der Waals surface area contributed by atoms with E-state index in [4.69, 9.17) is 5.73 Å². The van der Waals surface area contributed by atoms with Crippen molar-refractivity contribution in [3.05, 3.63) is 42.0 Å². The molecule has 64 valence electrons. The summed E-state index contributed by atoms with van der Waals surface area (Å²) in [7, 11) is 0. The smallest absolute Gasteiger partial charge is 0.0358 e. The fraction of sp³-hybridized carbons (Fsp3) is 0.273. The third-order valence-corrected chi connectivity index (χ3v) is 1.87. The van der Waals surface area contributed by atoms with Crippen molar-refractivity contribution in [1.82, 2.24) is 0 Å². The molecule has 1 nitrogen and oxygen atoms in total. The first kappa shape index (κ1) is 9.01. The van der Waals surface area contributed by atoms with Gasteiger partial charge < -0.3 is 5.73 Å². The highest BCUT2D eigenvalue weighted by atomic mass is 14.7. The summed E-state index contributed by atoms with van der Waals surface area (Å²) in [6.07, 6.45) is 1.84. The third-order valence-electron chi connectivity index (χ3n) is 1.87. The zero-order chi connectivity index (χ0) is 9.19. The Kier molecular flexibility index (Phi) is 2.34. The highest BCUT2D eigenvalue weighted by molar-refractivity contribution is 5.53. The molecule has 0 amide bonds.